The third-order valence-electron chi connectivity index (χ3n) is 2.81. The zero-order chi connectivity index (χ0) is 11.7. The molecule has 1 fully saturated rings. The van der Waals surface area contributed by atoms with E-state index in [1.54, 1.807) is 11.0 Å². The minimum atomic E-state index is -0.0996. The van der Waals surface area contributed by atoms with Crippen LogP contribution in [0.2, 0.25) is 5.02 Å². The van der Waals surface area contributed by atoms with Gasteiger partial charge in [-0.05, 0) is 24.6 Å². The van der Waals surface area contributed by atoms with Crippen LogP contribution in [0.15, 0.2) is 24.3 Å². The number of carbonyl (C=O) groups is 2. The van der Waals surface area contributed by atoms with Crippen LogP contribution in [0.5, 0.6) is 0 Å². The van der Waals surface area contributed by atoms with Crippen molar-refractivity contribution in [3.63, 3.8) is 0 Å². The van der Waals surface area contributed by atoms with Crippen molar-refractivity contribution in [2.24, 2.45) is 0 Å². The Bertz CT molecular complexity index is 444. The number of rotatable bonds is 2. The Hall–Kier alpha value is -1.35. The lowest BCUT2D eigenvalue weighted by molar-refractivity contribution is -0.129. The zero-order valence-electron chi connectivity index (χ0n) is 8.94. The largest absolute Gasteiger partial charge is 0.328 e. The molecule has 1 aromatic rings. The van der Waals surface area contributed by atoms with Gasteiger partial charge in [-0.25, -0.2) is 0 Å². The quantitative estimate of drug-likeness (QED) is 0.740. The van der Waals surface area contributed by atoms with Crippen LogP contribution in [-0.4, -0.2) is 23.1 Å². The average molecular weight is 238 g/mol. The van der Waals surface area contributed by atoms with Crippen molar-refractivity contribution in [1.82, 2.24) is 4.90 Å². The molecule has 84 valence electrons. The van der Waals surface area contributed by atoms with E-state index >= 15 is 0 Å². The first-order valence-corrected chi connectivity index (χ1v) is 5.52. The second-order valence-corrected chi connectivity index (χ2v) is 4.40. The topological polar surface area (TPSA) is 37.4 Å². The number of hydrogen-bond acceptors (Lipinski definition) is 2. The van der Waals surface area contributed by atoms with E-state index < -0.39 is 0 Å². The molecule has 0 aromatic heterocycles. The monoisotopic (exact) mass is 237 g/mol. The Labute approximate surface area is 99.0 Å². The van der Waals surface area contributed by atoms with Gasteiger partial charge in [0.2, 0.25) is 5.91 Å². The molecular formula is C12H12ClNO2. The normalized spacial score (nSPS) is 18.0. The number of halogens is 1. The van der Waals surface area contributed by atoms with Gasteiger partial charge in [0, 0.05) is 5.02 Å². The van der Waals surface area contributed by atoms with E-state index in [2.05, 4.69) is 0 Å². The molecule has 0 aliphatic carbocycles. The van der Waals surface area contributed by atoms with Crippen molar-refractivity contribution < 1.29 is 9.59 Å². The summed E-state index contributed by atoms with van der Waals surface area (Å²) in [6.45, 7) is 2.12. The first-order valence-electron chi connectivity index (χ1n) is 5.14. The van der Waals surface area contributed by atoms with Gasteiger partial charge in [0.15, 0.2) is 5.78 Å². The van der Waals surface area contributed by atoms with E-state index in [4.69, 9.17) is 11.6 Å². The van der Waals surface area contributed by atoms with E-state index in [0.717, 1.165) is 5.56 Å². The number of benzene rings is 1. The molecule has 1 heterocycles. The van der Waals surface area contributed by atoms with Gasteiger partial charge in [0.25, 0.3) is 0 Å². The third-order valence-corrected chi connectivity index (χ3v) is 3.05. The van der Waals surface area contributed by atoms with Crippen molar-refractivity contribution in [2.45, 2.75) is 19.4 Å². The van der Waals surface area contributed by atoms with Crippen molar-refractivity contribution in [3.05, 3.63) is 34.9 Å². The molecule has 1 unspecified atom stereocenters. The molecule has 0 N–H and O–H groups in total. The fraction of sp³-hybridized carbons (Fsp3) is 0.333. The molecule has 4 heteroatoms. The smallest absolute Gasteiger partial charge is 0.230 e. The lowest BCUT2D eigenvalue weighted by atomic mass is 10.1. The van der Waals surface area contributed by atoms with Gasteiger partial charge in [-0.2, -0.15) is 0 Å². The second kappa shape index (κ2) is 4.26. The van der Waals surface area contributed by atoms with Crippen LogP contribution in [0.4, 0.5) is 0 Å². The fourth-order valence-corrected chi connectivity index (χ4v) is 2.10. The first kappa shape index (κ1) is 11.1. The van der Waals surface area contributed by atoms with Gasteiger partial charge in [-0.3, -0.25) is 9.59 Å². The molecule has 0 spiro atoms. The Morgan fingerprint density at radius 2 is 2.12 bits per heavy atom. The summed E-state index contributed by atoms with van der Waals surface area (Å²) in [7, 11) is 0. The lowest BCUT2D eigenvalue weighted by Gasteiger charge is -2.23. The molecule has 16 heavy (non-hydrogen) atoms. The summed E-state index contributed by atoms with van der Waals surface area (Å²) < 4.78 is 0. The number of likely N-dealkylation sites (tertiary alicyclic amines) is 1. The predicted octanol–water partition coefficient (Wildman–Crippen LogP) is 2.20. The summed E-state index contributed by atoms with van der Waals surface area (Å²) in [4.78, 5) is 24.3. The molecule has 2 rings (SSSR count). The molecular weight excluding hydrogens is 226 g/mol. The van der Waals surface area contributed by atoms with Gasteiger partial charge in [0.1, 0.15) is 0 Å². The van der Waals surface area contributed by atoms with Crippen LogP contribution in [0.1, 0.15) is 24.9 Å². The highest BCUT2D eigenvalue weighted by Gasteiger charge is 2.31. The molecule has 0 radical (unpaired) electrons. The molecule has 0 saturated carbocycles. The Morgan fingerprint density at radius 1 is 1.38 bits per heavy atom. The maximum atomic E-state index is 11.6. The van der Waals surface area contributed by atoms with Gasteiger partial charge in [-0.1, -0.05) is 23.7 Å². The van der Waals surface area contributed by atoms with Gasteiger partial charge < -0.3 is 4.90 Å². The van der Waals surface area contributed by atoms with Crippen molar-refractivity contribution >= 4 is 23.3 Å². The number of ketones is 1. The highest BCUT2D eigenvalue weighted by molar-refractivity contribution is 6.30. The molecule has 0 bridgehead atoms. The summed E-state index contributed by atoms with van der Waals surface area (Å²) in [6, 6.07) is 7.26. The summed E-state index contributed by atoms with van der Waals surface area (Å²) in [5.41, 5.74) is 0.954. The maximum absolute atomic E-state index is 11.6. The molecule has 1 aliphatic heterocycles. The van der Waals surface area contributed by atoms with Gasteiger partial charge >= 0.3 is 0 Å². The summed E-state index contributed by atoms with van der Waals surface area (Å²) in [5.74, 6) is -0.114. The second-order valence-electron chi connectivity index (χ2n) is 3.97. The number of amides is 1. The van der Waals surface area contributed by atoms with E-state index in [9.17, 15) is 9.59 Å². The number of nitrogens with zero attached hydrogens (tertiary/aromatic N) is 1. The minimum absolute atomic E-state index is 0.0149. The molecule has 1 amide bonds. The predicted molar refractivity (Wildman–Crippen MR) is 61.2 cm³/mol. The van der Waals surface area contributed by atoms with Crippen molar-refractivity contribution in [3.8, 4) is 0 Å². The SMILES string of the molecule is CC(c1cccc(Cl)c1)N1CC(=O)CC1=O. The molecule has 1 aliphatic rings. The van der Waals surface area contributed by atoms with Crippen LogP contribution in [-0.2, 0) is 9.59 Å². The highest BCUT2D eigenvalue weighted by atomic mass is 35.5. The van der Waals surface area contributed by atoms with Crippen molar-refractivity contribution in [2.75, 3.05) is 6.54 Å². The van der Waals surface area contributed by atoms with Crippen LogP contribution in [0, 0.1) is 0 Å². The fourth-order valence-electron chi connectivity index (χ4n) is 1.90. The maximum Gasteiger partial charge on any atom is 0.230 e. The van der Waals surface area contributed by atoms with E-state index in [1.807, 2.05) is 25.1 Å². The van der Waals surface area contributed by atoms with Gasteiger partial charge in [0.05, 0.1) is 19.0 Å². The molecule has 1 saturated heterocycles. The standard InChI is InChI=1S/C12H12ClNO2/c1-8(9-3-2-4-10(13)5-9)14-7-11(15)6-12(14)16/h2-5,8H,6-7H2,1H3. The number of carbonyl (C=O) groups excluding carboxylic acids is 2. The number of Topliss-reactive ketones (excluding diaryl/α,β-unsaturated/α-hetero) is 1. The van der Waals surface area contributed by atoms with Crippen LogP contribution >= 0.6 is 11.6 Å². The van der Waals surface area contributed by atoms with E-state index in [0.29, 0.717) is 5.02 Å². The van der Waals surface area contributed by atoms with Crippen LogP contribution < -0.4 is 0 Å². The summed E-state index contributed by atoms with van der Waals surface area (Å²) in [6.07, 6.45) is 0.0326. The average Bonchev–Trinajstić information content (AvgIpc) is 2.57. The molecule has 3 nitrogen and oxygen atoms in total. The Balaban J connectivity index is 2.22. The zero-order valence-corrected chi connectivity index (χ0v) is 9.70. The number of hydrogen-bond donors (Lipinski definition) is 0. The van der Waals surface area contributed by atoms with Gasteiger partial charge in [-0.15, -0.1) is 0 Å². The summed E-state index contributed by atoms with van der Waals surface area (Å²) in [5, 5.41) is 0.641. The van der Waals surface area contributed by atoms with E-state index in [-0.39, 0.29) is 30.7 Å². The Kier molecular flexibility index (Phi) is 2.97. The lowest BCUT2D eigenvalue weighted by Crippen LogP contribution is -2.28. The van der Waals surface area contributed by atoms with Crippen LogP contribution in [0.3, 0.4) is 0 Å². The third kappa shape index (κ3) is 2.09. The van der Waals surface area contributed by atoms with Crippen molar-refractivity contribution in [1.29, 1.82) is 0 Å². The minimum Gasteiger partial charge on any atom is -0.328 e. The highest BCUT2D eigenvalue weighted by Crippen LogP contribution is 2.25. The molecule has 1 aromatic carbocycles. The first-order chi connectivity index (χ1) is 7.58. The van der Waals surface area contributed by atoms with Crippen LogP contribution in [0.25, 0.3) is 0 Å². The molecule has 1 atom stereocenters. The summed E-state index contributed by atoms with van der Waals surface area (Å²) >= 11 is 5.89. The van der Waals surface area contributed by atoms with E-state index in [1.165, 1.54) is 0 Å². The Morgan fingerprint density at radius 3 is 2.69 bits per heavy atom.